The first-order chi connectivity index (χ1) is 7.75. The number of ether oxygens (including phenoxy) is 1. The average Bonchev–Trinajstić information content (AvgIpc) is 2.76. The highest BCUT2D eigenvalue weighted by Crippen LogP contribution is 2.21. The van der Waals surface area contributed by atoms with Crippen LogP contribution in [0.25, 0.3) is 0 Å². The fourth-order valence-corrected chi connectivity index (χ4v) is 2.70. The van der Waals surface area contributed by atoms with Crippen LogP contribution in [0.5, 0.6) is 0 Å². The Balaban J connectivity index is 1.60. The molecule has 0 aromatic heterocycles. The van der Waals surface area contributed by atoms with Gasteiger partial charge in [-0.15, -0.1) is 0 Å². The maximum atomic E-state index is 11.4. The fourth-order valence-electron chi connectivity index (χ4n) is 2.70. The Kier molecular flexibility index (Phi) is 4.36. The molecular weight excluding hydrogens is 202 g/mol. The van der Waals surface area contributed by atoms with E-state index < -0.39 is 0 Å². The molecule has 0 aromatic rings. The molecule has 1 unspecified atom stereocenters. The molecule has 1 saturated carbocycles. The van der Waals surface area contributed by atoms with Gasteiger partial charge in [0, 0.05) is 32.0 Å². The molecular formula is C13H23NO2. The minimum Gasteiger partial charge on any atom is -0.377 e. The van der Waals surface area contributed by atoms with Gasteiger partial charge in [0.05, 0.1) is 12.7 Å². The largest absolute Gasteiger partial charge is 0.377 e. The summed E-state index contributed by atoms with van der Waals surface area (Å²) in [7, 11) is 0. The molecule has 2 fully saturated rings. The molecule has 0 amide bonds. The molecule has 92 valence electrons. The third-order valence-electron chi connectivity index (χ3n) is 3.82. The van der Waals surface area contributed by atoms with Crippen LogP contribution in [0, 0.1) is 5.92 Å². The monoisotopic (exact) mass is 225 g/mol. The summed E-state index contributed by atoms with van der Waals surface area (Å²) in [5, 5.41) is 0. The van der Waals surface area contributed by atoms with Crippen LogP contribution >= 0.6 is 0 Å². The number of rotatable bonds is 4. The van der Waals surface area contributed by atoms with Gasteiger partial charge in [-0.05, 0) is 12.8 Å². The Morgan fingerprint density at radius 2 is 2.12 bits per heavy atom. The van der Waals surface area contributed by atoms with Gasteiger partial charge >= 0.3 is 0 Å². The predicted molar refractivity (Wildman–Crippen MR) is 63.4 cm³/mol. The molecule has 16 heavy (non-hydrogen) atoms. The van der Waals surface area contributed by atoms with Crippen LogP contribution in [0.15, 0.2) is 0 Å². The Labute approximate surface area is 98.1 Å². The first-order valence-electron chi connectivity index (χ1n) is 6.62. The van der Waals surface area contributed by atoms with Crippen LogP contribution in [0.1, 0.15) is 39.0 Å². The van der Waals surface area contributed by atoms with Crippen LogP contribution < -0.4 is 0 Å². The maximum Gasteiger partial charge on any atom is 0.138 e. The Morgan fingerprint density at radius 1 is 1.38 bits per heavy atom. The van der Waals surface area contributed by atoms with Crippen LogP contribution in [-0.4, -0.2) is 43.0 Å². The minimum absolute atomic E-state index is 0.222. The molecule has 1 atom stereocenters. The second-order valence-electron chi connectivity index (χ2n) is 5.20. The van der Waals surface area contributed by atoms with Crippen molar-refractivity contribution < 1.29 is 9.53 Å². The summed E-state index contributed by atoms with van der Waals surface area (Å²) in [5.74, 6) is 0.646. The van der Waals surface area contributed by atoms with Gasteiger partial charge in [0.15, 0.2) is 0 Å². The van der Waals surface area contributed by atoms with Gasteiger partial charge in [-0.3, -0.25) is 9.69 Å². The van der Waals surface area contributed by atoms with E-state index in [9.17, 15) is 4.79 Å². The standard InChI is InChI=1S/C13H23NO2/c1-11-10-14(7-6-13(11)15)8-9-16-12-4-2-3-5-12/h11-12H,2-10H2,1H3. The zero-order chi connectivity index (χ0) is 11.4. The van der Waals surface area contributed by atoms with Crippen LogP contribution in [-0.2, 0) is 9.53 Å². The van der Waals surface area contributed by atoms with Crippen molar-refractivity contribution in [2.24, 2.45) is 5.92 Å². The number of ketones is 1. The highest BCUT2D eigenvalue weighted by atomic mass is 16.5. The van der Waals surface area contributed by atoms with Crippen molar-refractivity contribution in [1.29, 1.82) is 0 Å². The number of carbonyl (C=O) groups excluding carboxylic acids is 1. The third kappa shape index (κ3) is 3.29. The van der Waals surface area contributed by atoms with E-state index in [1.807, 2.05) is 6.92 Å². The van der Waals surface area contributed by atoms with E-state index in [4.69, 9.17) is 4.74 Å². The quantitative estimate of drug-likeness (QED) is 0.731. The van der Waals surface area contributed by atoms with E-state index in [-0.39, 0.29) is 5.92 Å². The Hall–Kier alpha value is -0.410. The van der Waals surface area contributed by atoms with Crippen molar-refractivity contribution in [1.82, 2.24) is 4.90 Å². The van der Waals surface area contributed by atoms with Gasteiger partial charge in [0.2, 0.25) is 0 Å². The molecule has 3 nitrogen and oxygen atoms in total. The van der Waals surface area contributed by atoms with Gasteiger partial charge in [0.25, 0.3) is 0 Å². The van der Waals surface area contributed by atoms with Gasteiger partial charge in [0.1, 0.15) is 5.78 Å². The lowest BCUT2D eigenvalue weighted by Crippen LogP contribution is -2.41. The summed E-state index contributed by atoms with van der Waals surface area (Å²) in [6, 6.07) is 0. The van der Waals surface area contributed by atoms with Gasteiger partial charge in [-0.2, -0.15) is 0 Å². The number of carbonyl (C=O) groups is 1. The highest BCUT2D eigenvalue weighted by molar-refractivity contribution is 5.81. The van der Waals surface area contributed by atoms with Crippen LogP contribution in [0.4, 0.5) is 0 Å². The summed E-state index contributed by atoms with van der Waals surface area (Å²) < 4.78 is 5.84. The van der Waals surface area contributed by atoms with Crippen molar-refractivity contribution in [2.45, 2.75) is 45.1 Å². The molecule has 0 spiro atoms. The van der Waals surface area contributed by atoms with E-state index in [1.54, 1.807) is 0 Å². The van der Waals surface area contributed by atoms with Gasteiger partial charge < -0.3 is 4.74 Å². The molecule has 1 aliphatic heterocycles. The summed E-state index contributed by atoms with van der Waals surface area (Å²) >= 11 is 0. The van der Waals surface area contributed by atoms with Crippen LogP contribution in [0.2, 0.25) is 0 Å². The normalized spacial score (nSPS) is 28.8. The molecule has 0 bridgehead atoms. The Morgan fingerprint density at radius 3 is 2.81 bits per heavy atom. The summed E-state index contributed by atoms with van der Waals surface area (Å²) in [4.78, 5) is 13.7. The molecule has 1 aliphatic carbocycles. The van der Waals surface area contributed by atoms with E-state index in [2.05, 4.69) is 4.90 Å². The van der Waals surface area contributed by atoms with Crippen molar-refractivity contribution in [2.75, 3.05) is 26.2 Å². The number of Topliss-reactive ketones (excluding diaryl/α,β-unsaturated/α-hetero) is 1. The topological polar surface area (TPSA) is 29.5 Å². The van der Waals surface area contributed by atoms with E-state index in [0.29, 0.717) is 11.9 Å². The Bertz CT molecular complexity index is 236. The fraction of sp³-hybridized carbons (Fsp3) is 0.923. The molecule has 1 heterocycles. The number of hydrogen-bond acceptors (Lipinski definition) is 3. The van der Waals surface area contributed by atoms with Crippen molar-refractivity contribution in [3.63, 3.8) is 0 Å². The van der Waals surface area contributed by atoms with Gasteiger partial charge in [-0.1, -0.05) is 19.8 Å². The van der Waals surface area contributed by atoms with Crippen molar-refractivity contribution in [3.05, 3.63) is 0 Å². The first-order valence-corrected chi connectivity index (χ1v) is 6.62. The lowest BCUT2D eigenvalue weighted by Gasteiger charge is -2.30. The smallest absolute Gasteiger partial charge is 0.138 e. The summed E-state index contributed by atoms with van der Waals surface area (Å²) in [5.41, 5.74) is 0. The number of piperidine rings is 1. The van der Waals surface area contributed by atoms with E-state index in [1.165, 1.54) is 25.7 Å². The molecule has 1 saturated heterocycles. The zero-order valence-corrected chi connectivity index (χ0v) is 10.3. The van der Waals surface area contributed by atoms with E-state index >= 15 is 0 Å². The lowest BCUT2D eigenvalue weighted by molar-refractivity contribution is -0.125. The highest BCUT2D eigenvalue weighted by Gasteiger charge is 2.23. The third-order valence-corrected chi connectivity index (χ3v) is 3.82. The second kappa shape index (κ2) is 5.78. The molecule has 0 radical (unpaired) electrons. The molecule has 2 aliphatic rings. The number of likely N-dealkylation sites (tertiary alicyclic amines) is 1. The van der Waals surface area contributed by atoms with Gasteiger partial charge in [-0.25, -0.2) is 0 Å². The van der Waals surface area contributed by atoms with Crippen molar-refractivity contribution in [3.8, 4) is 0 Å². The first kappa shape index (κ1) is 12.1. The molecule has 0 N–H and O–H groups in total. The molecule has 2 rings (SSSR count). The van der Waals surface area contributed by atoms with Crippen molar-refractivity contribution >= 4 is 5.78 Å². The summed E-state index contributed by atoms with van der Waals surface area (Å²) in [6.07, 6.45) is 6.40. The second-order valence-corrected chi connectivity index (χ2v) is 5.20. The molecule has 0 aromatic carbocycles. The summed E-state index contributed by atoms with van der Waals surface area (Å²) in [6.45, 7) is 5.72. The maximum absolute atomic E-state index is 11.4. The number of hydrogen-bond donors (Lipinski definition) is 0. The molecule has 3 heteroatoms. The predicted octanol–water partition coefficient (Wildman–Crippen LogP) is 1.86. The SMILES string of the molecule is CC1CN(CCOC2CCCC2)CCC1=O. The van der Waals surface area contributed by atoms with E-state index in [0.717, 1.165) is 32.7 Å². The lowest BCUT2D eigenvalue weighted by atomic mass is 9.99. The minimum atomic E-state index is 0.222. The average molecular weight is 225 g/mol. The zero-order valence-electron chi connectivity index (χ0n) is 10.3. The number of nitrogens with zero attached hydrogens (tertiary/aromatic N) is 1. The van der Waals surface area contributed by atoms with Crippen LogP contribution in [0.3, 0.4) is 0 Å².